The Kier molecular flexibility index (Phi) is 5.83. The Morgan fingerprint density at radius 1 is 1.41 bits per heavy atom. The summed E-state index contributed by atoms with van der Waals surface area (Å²) in [6.07, 6.45) is 1.06. The second kappa shape index (κ2) is 8.12. The lowest BCUT2D eigenvalue weighted by Crippen LogP contribution is -2.22. The predicted octanol–water partition coefficient (Wildman–Crippen LogP) is 4.40. The summed E-state index contributed by atoms with van der Waals surface area (Å²) in [5.41, 5.74) is 8.22. The van der Waals surface area contributed by atoms with Crippen LogP contribution in [0.2, 0.25) is 0 Å². The van der Waals surface area contributed by atoms with Gasteiger partial charge >= 0.3 is 5.97 Å². The van der Waals surface area contributed by atoms with Gasteiger partial charge in [0, 0.05) is 16.5 Å². The van der Waals surface area contributed by atoms with Gasteiger partial charge in [0.15, 0.2) is 6.10 Å². The zero-order valence-corrected chi connectivity index (χ0v) is 17.0. The molecule has 0 amide bonds. The Labute approximate surface area is 168 Å². The standard InChI is InChI=1S/C18H17N3O3S3/c1-9(17(22)23)24-11-5-3-4-10(6-11)13-8-26-16(21-13)12-7-14(15(19)20)27-18(12)25-2/h3-9H,1-2H3,(H3,19,20)(H,22,23). The molecule has 0 radical (unpaired) electrons. The van der Waals surface area contributed by atoms with Crippen LogP contribution < -0.4 is 10.5 Å². The van der Waals surface area contributed by atoms with Crippen molar-refractivity contribution < 1.29 is 14.6 Å². The molecule has 3 aromatic rings. The first-order chi connectivity index (χ1) is 12.9. The van der Waals surface area contributed by atoms with Crippen LogP contribution in [0.15, 0.2) is 39.9 Å². The molecule has 6 nitrogen and oxygen atoms in total. The number of carboxylic acid groups (broad SMARTS) is 1. The summed E-state index contributed by atoms with van der Waals surface area (Å²) in [4.78, 5) is 16.4. The Bertz CT molecular complexity index is 997. The Morgan fingerprint density at radius 2 is 2.19 bits per heavy atom. The van der Waals surface area contributed by atoms with Gasteiger partial charge in [0.25, 0.3) is 0 Å². The third-order valence-corrected chi connectivity index (χ3v) is 6.85. The maximum atomic E-state index is 11.0. The number of aliphatic carboxylic acids is 1. The number of thioether (sulfide) groups is 1. The average molecular weight is 420 g/mol. The number of ether oxygens (including phenoxy) is 1. The molecule has 2 aromatic heterocycles. The van der Waals surface area contributed by atoms with Crippen LogP contribution in [-0.4, -0.2) is 34.3 Å². The molecule has 9 heteroatoms. The SMILES string of the molecule is CSc1sc(C(=N)N)cc1-c1nc(-c2cccc(OC(C)C(=O)O)c2)cs1. The van der Waals surface area contributed by atoms with Crippen molar-refractivity contribution in [1.29, 1.82) is 5.41 Å². The minimum absolute atomic E-state index is 0.0516. The van der Waals surface area contributed by atoms with E-state index < -0.39 is 12.1 Å². The minimum atomic E-state index is -1.01. The van der Waals surface area contributed by atoms with E-state index in [2.05, 4.69) is 0 Å². The number of nitrogens with two attached hydrogens (primary N) is 1. The van der Waals surface area contributed by atoms with E-state index in [1.54, 1.807) is 23.9 Å². The van der Waals surface area contributed by atoms with Crippen LogP contribution in [0.1, 0.15) is 11.8 Å². The fraction of sp³-hybridized carbons (Fsp3) is 0.167. The van der Waals surface area contributed by atoms with Crippen molar-refractivity contribution >= 4 is 46.2 Å². The molecule has 2 heterocycles. The van der Waals surface area contributed by atoms with Crippen LogP contribution in [-0.2, 0) is 4.79 Å². The molecular weight excluding hydrogens is 402 g/mol. The normalized spacial score (nSPS) is 11.9. The molecule has 0 bridgehead atoms. The minimum Gasteiger partial charge on any atom is -0.479 e. The number of hydrogen-bond acceptors (Lipinski definition) is 7. The molecule has 0 fully saturated rings. The van der Waals surface area contributed by atoms with Crippen molar-refractivity contribution in [2.45, 2.75) is 17.2 Å². The van der Waals surface area contributed by atoms with Crippen LogP contribution in [0.3, 0.4) is 0 Å². The molecule has 0 aliphatic carbocycles. The van der Waals surface area contributed by atoms with Gasteiger partial charge in [-0.2, -0.15) is 0 Å². The van der Waals surface area contributed by atoms with Crippen LogP contribution in [0.4, 0.5) is 0 Å². The molecule has 3 rings (SSSR count). The molecule has 4 N–H and O–H groups in total. The van der Waals surface area contributed by atoms with Gasteiger partial charge in [-0.25, -0.2) is 9.78 Å². The van der Waals surface area contributed by atoms with Crippen LogP contribution in [0.5, 0.6) is 5.75 Å². The number of hydrogen-bond donors (Lipinski definition) is 3. The van der Waals surface area contributed by atoms with E-state index in [1.165, 1.54) is 29.6 Å². The monoisotopic (exact) mass is 419 g/mol. The quantitative estimate of drug-likeness (QED) is 0.298. The van der Waals surface area contributed by atoms with Crippen molar-refractivity contribution in [2.24, 2.45) is 5.73 Å². The summed E-state index contributed by atoms with van der Waals surface area (Å²) in [6, 6.07) is 9.11. The zero-order chi connectivity index (χ0) is 19.6. The molecule has 0 saturated heterocycles. The molecular formula is C18H17N3O3S3. The van der Waals surface area contributed by atoms with Crippen molar-refractivity contribution in [1.82, 2.24) is 4.98 Å². The largest absolute Gasteiger partial charge is 0.479 e. The number of nitrogens with one attached hydrogen (secondary N) is 1. The molecule has 140 valence electrons. The zero-order valence-electron chi connectivity index (χ0n) is 14.6. The Morgan fingerprint density at radius 3 is 2.85 bits per heavy atom. The van der Waals surface area contributed by atoms with E-state index in [1.807, 2.05) is 29.8 Å². The summed E-state index contributed by atoms with van der Waals surface area (Å²) in [7, 11) is 0. The van der Waals surface area contributed by atoms with Crippen molar-refractivity contribution in [3.63, 3.8) is 0 Å². The summed E-state index contributed by atoms with van der Waals surface area (Å²) in [5, 5.41) is 19.4. The van der Waals surface area contributed by atoms with Gasteiger partial charge in [-0.15, -0.1) is 34.4 Å². The number of carboxylic acids is 1. The smallest absolute Gasteiger partial charge is 0.344 e. The van der Waals surface area contributed by atoms with E-state index in [0.717, 1.165) is 30.9 Å². The maximum absolute atomic E-state index is 11.0. The number of nitrogen functional groups attached to an aromatic ring is 1. The van der Waals surface area contributed by atoms with Crippen LogP contribution >= 0.6 is 34.4 Å². The molecule has 1 unspecified atom stereocenters. The van der Waals surface area contributed by atoms with E-state index >= 15 is 0 Å². The van der Waals surface area contributed by atoms with Gasteiger partial charge in [0.05, 0.1) is 14.8 Å². The third kappa shape index (κ3) is 4.32. The first-order valence-corrected chi connectivity index (χ1v) is 10.8. The second-order valence-corrected chi connectivity index (χ2v) is 8.58. The summed E-state index contributed by atoms with van der Waals surface area (Å²) < 4.78 is 6.50. The number of rotatable bonds is 7. The number of benzene rings is 1. The van der Waals surface area contributed by atoms with Gasteiger partial charge < -0.3 is 15.6 Å². The summed E-state index contributed by atoms with van der Waals surface area (Å²) in [6.45, 7) is 1.49. The lowest BCUT2D eigenvalue weighted by molar-refractivity contribution is -0.144. The highest BCUT2D eigenvalue weighted by Crippen LogP contribution is 2.40. The van der Waals surface area contributed by atoms with Crippen molar-refractivity contribution in [2.75, 3.05) is 6.26 Å². The number of carbonyl (C=O) groups is 1. The fourth-order valence-electron chi connectivity index (χ4n) is 2.32. The van der Waals surface area contributed by atoms with Crippen LogP contribution in [0.25, 0.3) is 21.8 Å². The fourth-order valence-corrected chi connectivity index (χ4v) is 5.03. The first-order valence-electron chi connectivity index (χ1n) is 7.87. The number of aromatic nitrogens is 1. The highest BCUT2D eigenvalue weighted by molar-refractivity contribution is 8.00. The van der Waals surface area contributed by atoms with E-state index in [-0.39, 0.29) is 5.84 Å². The van der Waals surface area contributed by atoms with Crippen molar-refractivity contribution in [3.05, 3.63) is 40.6 Å². The highest BCUT2D eigenvalue weighted by Gasteiger charge is 2.17. The van der Waals surface area contributed by atoms with Gasteiger partial charge in [0.2, 0.25) is 0 Å². The maximum Gasteiger partial charge on any atom is 0.344 e. The van der Waals surface area contributed by atoms with Gasteiger partial charge in [-0.1, -0.05) is 12.1 Å². The molecule has 1 atom stereocenters. The lowest BCUT2D eigenvalue weighted by Gasteiger charge is -2.10. The summed E-state index contributed by atoms with van der Waals surface area (Å²) in [5.74, 6) is -0.480. The molecule has 1 aromatic carbocycles. The Balaban J connectivity index is 1.90. The van der Waals surface area contributed by atoms with Crippen molar-refractivity contribution in [3.8, 4) is 27.6 Å². The number of thiazole rings is 1. The third-order valence-electron chi connectivity index (χ3n) is 3.67. The van der Waals surface area contributed by atoms with Gasteiger partial charge in [0.1, 0.15) is 16.6 Å². The van der Waals surface area contributed by atoms with E-state index in [9.17, 15) is 4.79 Å². The predicted molar refractivity (Wildman–Crippen MR) is 111 cm³/mol. The summed E-state index contributed by atoms with van der Waals surface area (Å²) >= 11 is 4.60. The topological polar surface area (TPSA) is 109 Å². The van der Waals surface area contributed by atoms with Crippen LogP contribution in [0, 0.1) is 5.41 Å². The Hall–Kier alpha value is -2.36. The molecule has 27 heavy (non-hydrogen) atoms. The molecule has 0 aliphatic heterocycles. The molecule has 0 saturated carbocycles. The highest BCUT2D eigenvalue weighted by atomic mass is 32.2. The second-order valence-electron chi connectivity index (χ2n) is 5.59. The van der Waals surface area contributed by atoms with Gasteiger partial charge in [-0.3, -0.25) is 5.41 Å². The van der Waals surface area contributed by atoms with E-state index in [4.69, 9.17) is 26.0 Å². The molecule has 0 spiro atoms. The molecule has 0 aliphatic rings. The number of thiophene rings is 1. The van der Waals surface area contributed by atoms with Gasteiger partial charge in [-0.05, 0) is 31.4 Å². The van der Waals surface area contributed by atoms with E-state index in [0.29, 0.717) is 5.75 Å². The first kappa shape index (κ1) is 19.4. The average Bonchev–Trinajstić information content (AvgIpc) is 3.28. The lowest BCUT2D eigenvalue weighted by atomic mass is 10.1. The number of nitrogens with zero attached hydrogens (tertiary/aromatic N) is 1. The number of amidine groups is 1.